The van der Waals surface area contributed by atoms with E-state index < -0.39 is 28.7 Å². The van der Waals surface area contributed by atoms with Crippen LogP contribution in [0.4, 0.5) is 39.4 Å². The molecule has 1 spiro atoms. The predicted octanol–water partition coefficient (Wildman–Crippen LogP) is 1.75. The van der Waals surface area contributed by atoms with Gasteiger partial charge in [-0.2, -0.15) is 23.1 Å². The normalized spacial score (nSPS) is 18.7. The lowest BCUT2D eigenvalue weighted by Gasteiger charge is -2.51. The highest BCUT2D eigenvalue weighted by Crippen LogP contribution is 2.42. The number of ether oxygens (including phenoxy) is 1. The Kier molecular flexibility index (Phi) is 6.35. The average molecular weight is 495 g/mol. The number of carbonyl (C=O) groups excluding carboxylic acids is 1. The molecule has 7 nitrogen and oxygen atoms in total. The van der Waals surface area contributed by atoms with E-state index in [4.69, 9.17) is 10.5 Å². The number of alkyl halides is 3. The van der Waals surface area contributed by atoms with Crippen LogP contribution >= 0.6 is 0 Å². The Hall–Kier alpha value is -3.05. The summed E-state index contributed by atoms with van der Waals surface area (Å²) < 4.78 is 72.3. The summed E-state index contributed by atoms with van der Waals surface area (Å²) in [5.74, 6) is -2.40. The monoisotopic (exact) mass is 495 g/mol. The summed E-state index contributed by atoms with van der Waals surface area (Å²) in [7, 11) is 1.78. The van der Waals surface area contributed by atoms with Gasteiger partial charge in [0, 0.05) is 37.3 Å². The summed E-state index contributed by atoms with van der Waals surface area (Å²) in [6.07, 6.45) is -1.98. The van der Waals surface area contributed by atoms with Crippen molar-refractivity contribution in [2.45, 2.75) is 49.2 Å². The lowest BCUT2D eigenvalue weighted by Crippen LogP contribution is -2.60. The van der Waals surface area contributed by atoms with Crippen molar-refractivity contribution in [3.63, 3.8) is 0 Å². The largest absolute Gasteiger partial charge is 0.481 e. The number of benzene rings is 1. The number of rotatable bonds is 4. The predicted molar refractivity (Wildman–Crippen MR) is 125 cm³/mol. The fourth-order valence-corrected chi connectivity index (χ4v) is 4.69. The van der Waals surface area contributed by atoms with Crippen LogP contribution in [0, 0.1) is 11.6 Å². The Balaban J connectivity index is 1.56. The first-order valence-corrected chi connectivity index (χ1v) is 11.2. The van der Waals surface area contributed by atoms with Gasteiger partial charge in [0.1, 0.15) is 11.2 Å². The van der Waals surface area contributed by atoms with Crippen LogP contribution < -0.4 is 20.3 Å². The Bertz CT molecular complexity index is 1130. The Morgan fingerprint density at radius 2 is 1.71 bits per heavy atom. The second-order valence-corrected chi connectivity index (χ2v) is 9.43. The minimum Gasteiger partial charge on any atom is -0.481 e. The number of carbonyl (C=O) groups is 1. The summed E-state index contributed by atoms with van der Waals surface area (Å²) >= 11 is 0. The van der Waals surface area contributed by atoms with Crippen molar-refractivity contribution in [3.05, 3.63) is 35.9 Å². The molecule has 14 heteroatoms. The summed E-state index contributed by atoms with van der Waals surface area (Å²) in [4.78, 5) is 24.2. The van der Waals surface area contributed by atoms with Crippen molar-refractivity contribution in [2.24, 2.45) is 0 Å². The molecule has 4 rings (SSSR count). The molecule has 0 atom stereocenters. The highest BCUT2D eigenvalue weighted by atomic mass is 19.4. The quantitative estimate of drug-likeness (QED) is 0.515. The summed E-state index contributed by atoms with van der Waals surface area (Å²) in [5, 5.41) is -2.48. The summed E-state index contributed by atoms with van der Waals surface area (Å²) in [6.45, 7) is 0.817. The second kappa shape index (κ2) is 8.87. The number of halogens is 5. The van der Waals surface area contributed by atoms with E-state index in [0.717, 1.165) is 27.8 Å². The fourth-order valence-electron chi connectivity index (χ4n) is 4.69. The van der Waals surface area contributed by atoms with Crippen LogP contribution in [0.25, 0.3) is 0 Å². The van der Waals surface area contributed by atoms with Gasteiger partial charge in [-0.15, -0.1) is 0 Å². The number of hydrogen-bond acceptors (Lipinski definition) is 6. The molecule has 0 radical (unpaired) electrons. The number of anilines is 3. The highest BCUT2D eigenvalue weighted by molar-refractivity contribution is 6.40. The molecular formula is C21H24B2F5N5O2. The first-order chi connectivity index (χ1) is 16.3. The van der Waals surface area contributed by atoms with E-state index in [2.05, 4.69) is 9.97 Å². The van der Waals surface area contributed by atoms with E-state index in [0.29, 0.717) is 56.7 Å². The smallest absolute Gasteiger partial charge is 0.411 e. The van der Waals surface area contributed by atoms with Gasteiger partial charge in [0.2, 0.25) is 17.7 Å². The van der Waals surface area contributed by atoms with Gasteiger partial charge in [-0.25, -0.2) is 8.78 Å². The number of piperidine rings is 2. The van der Waals surface area contributed by atoms with Crippen LogP contribution in [0.3, 0.4) is 0 Å². The van der Waals surface area contributed by atoms with E-state index in [-0.39, 0.29) is 17.7 Å². The van der Waals surface area contributed by atoms with Gasteiger partial charge in [-0.3, -0.25) is 4.79 Å². The SMILES string of the molecule is BC(B)(Oc1cc(N2CCC3(CCCC(=O)N3c3ccc(F)c(F)c3)CC2)nc(N)n1)C(F)(F)F. The van der Waals surface area contributed by atoms with E-state index in [1.165, 1.54) is 12.1 Å². The number of hydrogen-bond donors (Lipinski definition) is 1. The number of nitrogens with zero attached hydrogens (tertiary/aromatic N) is 4. The van der Waals surface area contributed by atoms with E-state index in [1.807, 2.05) is 4.90 Å². The molecule has 1 amide bonds. The van der Waals surface area contributed by atoms with E-state index >= 15 is 0 Å². The molecule has 1 aromatic heterocycles. The summed E-state index contributed by atoms with van der Waals surface area (Å²) in [6, 6.07) is 4.74. The van der Waals surface area contributed by atoms with Gasteiger partial charge in [-0.1, -0.05) is 0 Å². The molecule has 2 saturated heterocycles. The van der Waals surface area contributed by atoms with Gasteiger partial charge in [0.15, 0.2) is 27.3 Å². The molecule has 3 heterocycles. The molecule has 35 heavy (non-hydrogen) atoms. The van der Waals surface area contributed by atoms with Crippen molar-refractivity contribution in [1.29, 1.82) is 0 Å². The van der Waals surface area contributed by atoms with Gasteiger partial charge in [0.05, 0.1) is 5.54 Å². The standard InChI is InChI=1S/C21H24B2F5N5O2/c22-20(23,21(26,27)28)35-16-11-15(30-18(29)31-16)32-8-6-19(7-9-32)5-1-2-17(34)33(19)12-3-4-13(24)14(25)10-12/h3-4,10-11H,1-2,5-9,22-23H2,(H2,29,30,31). The Labute approximate surface area is 200 Å². The molecule has 0 aliphatic carbocycles. The molecule has 2 aromatic rings. The van der Waals surface area contributed by atoms with Crippen molar-refractivity contribution in [2.75, 3.05) is 28.6 Å². The topological polar surface area (TPSA) is 84.6 Å². The number of aromatic nitrogens is 2. The van der Waals surface area contributed by atoms with Crippen LogP contribution in [0.5, 0.6) is 5.88 Å². The first-order valence-electron chi connectivity index (χ1n) is 11.2. The third-order valence-corrected chi connectivity index (χ3v) is 6.68. The van der Waals surface area contributed by atoms with Crippen LogP contribution in [0.2, 0.25) is 0 Å². The zero-order valence-corrected chi connectivity index (χ0v) is 19.3. The maximum atomic E-state index is 13.9. The molecule has 0 saturated carbocycles. The second-order valence-electron chi connectivity index (χ2n) is 9.43. The zero-order valence-electron chi connectivity index (χ0n) is 19.3. The van der Waals surface area contributed by atoms with Crippen LogP contribution in [0.1, 0.15) is 32.1 Å². The van der Waals surface area contributed by atoms with Crippen LogP contribution in [-0.2, 0) is 4.79 Å². The molecule has 2 fully saturated rings. The van der Waals surface area contributed by atoms with E-state index in [1.54, 1.807) is 4.90 Å². The first kappa shape index (κ1) is 25.1. The van der Waals surface area contributed by atoms with Crippen molar-refractivity contribution in [3.8, 4) is 5.88 Å². The van der Waals surface area contributed by atoms with Crippen molar-refractivity contribution in [1.82, 2.24) is 9.97 Å². The van der Waals surface area contributed by atoms with E-state index in [9.17, 15) is 26.7 Å². The Morgan fingerprint density at radius 3 is 2.34 bits per heavy atom. The highest BCUT2D eigenvalue weighted by Gasteiger charge is 2.49. The molecule has 0 bridgehead atoms. The molecule has 186 valence electrons. The molecule has 0 unspecified atom stereocenters. The van der Waals surface area contributed by atoms with Crippen molar-refractivity contribution >= 4 is 39.1 Å². The average Bonchev–Trinajstić information content (AvgIpc) is 2.75. The van der Waals surface area contributed by atoms with Crippen LogP contribution in [-0.4, -0.2) is 61.8 Å². The van der Waals surface area contributed by atoms with Crippen LogP contribution in [0.15, 0.2) is 24.3 Å². The van der Waals surface area contributed by atoms with Crippen molar-refractivity contribution < 1.29 is 31.5 Å². The van der Waals surface area contributed by atoms with Gasteiger partial charge in [-0.05, 0) is 37.8 Å². The maximum Gasteiger partial charge on any atom is 0.411 e. The van der Waals surface area contributed by atoms with Gasteiger partial charge >= 0.3 is 6.18 Å². The zero-order chi connectivity index (χ0) is 25.6. The lowest BCUT2D eigenvalue weighted by atomic mass is 9.64. The number of nitrogen functional groups attached to an aromatic ring is 1. The third kappa shape index (κ3) is 4.87. The number of nitrogens with two attached hydrogens (primary N) is 1. The molecule has 2 aliphatic rings. The van der Waals surface area contributed by atoms with Gasteiger partial charge < -0.3 is 20.3 Å². The number of amides is 1. The minimum atomic E-state index is -4.62. The molecular weight excluding hydrogens is 471 g/mol. The fraction of sp³-hybridized carbons (Fsp3) is 0.476. The lowest BCUT2D eigenvalue weighted by molar-refractivity contribution is -0.186. The minimum absolute atomic E-state index is 0.160. The molecule has 2 N–H and O–H groups in total. The van der Waals surface area contributed by atoms with Gasteiger partial charge in [0.25, 0.3) is 0 Å². The summed E-state index contributed by atoms with van der Waals surface area (Å²) in [5.41, 5.74) is 5.46. The molecule has 2 aliphatic heterocycles. The Morgan fingerprint density at radius 1 is 1.03 bits per heavy atom. The third-order valence-electron chi connectivity index (χ3n) is 6.68. The molecule has 1 aromatic carbocycles. The maximum absolute atomic E-state index is 13.9.